The summed E-state index contributed by atoms with van der Waals surface area (Å²) in [6.45, 7) is 0. The van der Waals surface area contributed by atoms with Crippen LogP contribution in [-0.4, -0.2) is 34.6 Å². The molecule has 0 N–H and O–H groups in total. The van der Waals surface area contributed by atoms with Gasteiger partial charge in [0.05, 0.1) is 0 Å². The Bertz CT molecular complexity index is 70.1. The normalized spacial score (nSPS) is 5.71. The fraction of sp³-hybridized carbons (Fsp3) is 0. The number of hydrogen-bond acceptors (Lipinski definition) is 5. The molecule has 0 spiro atoms. The number of rotatable bonds is 2. The molecule has 0 heterocycles. The van der Waals surface area contributed by atoms with Gasteiger partial charge in [-0.2, -0.15) is 0 Å². The summed E-state index contributed by atoms with van der Waals surface area (Å²) in [7, 11) is 0. The molecule has 0 atom stereocenters. The first kappa shape index (κ1) is 9.93. The van der Waals surface area contributed by atoms with Crippen LogP contribution in [0.15, 0.2) is 5.34 Å². The average molecular weight is 116 g/mol. The third-order valence-electron chi connectivity index (χ3n) is 0.100. The molecule has 7 heteroatoms. The molecule has 0 saturated carbocycles. The van der Waals surface area contributed by atoms with E-state index in [0.717, 1.165) is 0 Å². The maximum atomic E-state index is 8.89. The van der Waals surface area contributed by atoms with Gasteiger partial charge in [-0.05, 0) is 0 Å². The predicted molar refractivity (Wildman–Crippen MR) is 21.0 cm³/mol. The summed E-state index contributed by atoms with van der Waals surface area (Å²) in [6.07, 6.45) is 0. The van der Waals surface area contributed by atoms with Crippen LogP contribution < -0.4 is 0 Å². The van der Waals surface area contributed by atoms with Crippen molar-refractivity contribution in [3.8, 4) is 0 Å². The molecule has 0 aromatic heterocycles. The van der Waals surface area contributed by atoms with Crippen LogP contribution in [0.25, 0.3) is 0 Å². The summed E-state index contributed by atoms with van der Waals surface area (Å²) in [5, 5.41) is 9.08. The van der Waals surface area contributed by atoms with Crippen LogP contribution in [0.2, 0.25) is 0 Å². The van der Waals surface area contributed by atoms with Crippen molar-refractivity contribution in [2.45, 2.75) is 0 Å². The van der Waals surface area contributed by atoms with Crippen molar-refractivity contribution in [1.29, 1.82) is 0 Å². The van der Waals surface area contributed by atoms with Gasteiger partial charge in [-0.1, -0.05) is 0 Å². The van der Waals surface area contributed by atoms with Crippen LogP contribution in [0.4, 0.5) is 0 Å². The van der Waals surface area contributed by atoms with Gasteiger partial charge in [0, 0.05) is 4.91 Å². The zero-order valence-corrected chi connectivity index (χ0v) is 2.53. The standard InChI is InChI=1S/N2O4.Na.H/c3-1-6-2(4)5;;. The predicted octanol–water partition coefficient (Wildman–Crippen LogP) is -0.772. The summed E-state index contributed by atoms with van der Waals surface area (Å²) in [4.78, 5) is 20.4. The van der Waals surface area contributed by atoms with E-state index >= 15 is 0 Å². The molecule has 0 fully saturated rings. The Labute approximate surface area is 60.2 Å². The summed E-state index contributed by atoms with van der Waals surface area (Å²) in [5.41, 5.74) is 0. The molecule has 6 nitrogen and oxygen atoms in total. The molecule has 0 aromatic carbocycles. The molecule has 36 valence electrons. The quantitative estimate of drug-likeness (QED) is 0.205. The van der Waals surface area contributed by atoms with E-state index in [1.54, 1.807) is 0 Å². The second-order valence-electron chi connectivity index (χ2n) is 0.380. The van der Waals surface area contributed by atoms with Crippen molar-refractivity contribution in [3.63, 3.8) is 0 Å². The molecular weight excluding hydrogens is 115 g/mol. The van der Waals surface area contributed by atoms with Crippen molar-refractivity contribution in [2.24, 2.45) is 5.34 Å². The third-order valence-corrected chi connectivity index (χ3v) is 0.100. The molecule has 0 radical (unpaired) electrons. The molecule has 0 saturated heterocycles. The van der Waals surface area contributed by atoms with Crippen LogP contribution >= 0.6 is 0 Å². The minimum atomic E-state index is -1.30. The van der Waals surface area contributed by atoms with E-state index in [1.807, 2.05) is 0 Å². The van der Waals surface area contributed by atoms with Gasteiger partial charge in [0.1, 0.15) is 0 Å². The molecule has 0 rings (SSSR count). The molecule has 7 heavy (non-hydrogen) atoms. The maximum absolute atomic E-state index is 8.89. The first-order valence-corrected chi connectivity index (χ1v) is 0.913. The Kier molecular flexibility index (Phi) is 8.23. The van der Waals surface area contributed by atoms with Crippen molar-refractivity contribution < 1.29 is 10.0 Å². The van der Waals surface area contributed by atoms with Crippen LogP contribution in [0.3, 0.4) is 0 Å². The molecule has 0 aromatic rings. The Morgan fingerprint density at radius 1 is 1.71 bits per heavy atom. The van der Waals surface area contributed by atoms with E-state index in [0.29, 0.717) is 0 Å². The van der Waals surface area contributed by atoms with E-state index in [4.69, 9.17) is 15.0 Å². The monoisotopic (exact) mass is 116 g/mol. The van der Waals surface area contributed by atoms with E-state index in [-0.39, 0.29) is 29.6 Å². The summed E-state index contributed by atoms with van der Waals surface area (Å²) in [6, 6.07) is 0. The molecule has 0 unspecified atom stereocenters. The molecule has 0 aliphatic carbocycles. The number of nitrogens with zero attached hydrogens (tertiary/aromatic N) is 2. The second-order valence-corrected chi connectivity index (χ2v) is 0.380. The molecule has 0 aliphatic rings. The van der Waals surface area contributed by atoms with Crippen molar-refractivity contribution >= 4 is 29.6 Å². The number of hydrogen-bond donors (Lipinski definition) is 0. The third kappa shape index (κ3) is 10.7. The molecule has 0 amide bonds. The zero-order chi connectivity index (χ0) is 4.99. The van der Waals surface area contributed by atoms with Crippen LogP contribution in [0, 0.1) is 15.0 Å². The minimum absolute atomic E-state index is 0. The van der Waals surface area contributed by atoms with Gasteiger partial charge >= 0.3 is 34.9 Å². The molecule has 0 aliphatic heterocycles. The topological polar surface area (TPSA) is 81.8 Å². The van der Waals surface area contributed by atoms with E-state index < -0.39 is 5.09 Å². The fourth-order valence-electron chi connectivity index (χ4n) is 0.0272. The SMILES string of the molecule is O=NO[N+](=O)[O-].[NaH]. The summed E-state index contributed by atoms with van der Waals surface area (Å²) in [5.74, 6) is 0. The van der Waals surface area contributed by atoms with Crippen molar-refractivity contribution in [2.75, 3.05) is 0 Å². The van der Waals surface area contributed by atoms with Crippen LogP contribution in [-0.2, 0) is 4.94 Å². The van der Waals surface area contributed by atoms with Gasteiger partial charge in [-0.25, -0.2) is 10.1 Å². The fourth-order valence-corrected chi connectivity index (χ4v) is 0.0272. The van der Waals surface area contributed by atoms with Gasteiger partial charge < -0.3 is 0 Å². The Morgan fingerprint density at radius 3 is 2.14 bits per heavy atom. The van der Waals surface area contributed by atoms with Gasteiger partial charge in [-0.3, -0.25) is 0 Å². The summed E-state index contributed by atoms with van der Waals surface area (Å²) >= 11 is 0. The first-order chi connectivity index (χ1) is 2.77. The Hall–Kier alpha value is -0.200. The molecular formula is HN2NaO4. The average Bonchev–Trinajstić information content (AvgIpc) is 1.35. The second kappa shape index (κ2) is 5.80. The van der Waals surface area contributed by atoms with Crippen LogP contribution in [0.1, 0.15) is 0 Å². The Morgan fingerprint density at radius 2 is 2.14 bits per heavy atom. The first-order valence-electron chi connectivity index (χ1n) is 0.913. The van der Waals surface area contributed by atoms with E-state index in [1.165, 1.54) is 5.34 Å². The van der Waals surface area contributed by atoms with Crippen LogP contribution in [0.5, 0.6) is 0 Å². The molecule has 0 bridgehead atoms. The van der Waals surface area contributed by atoms with Crippen molar-refractivity contribution in [3.05, 3.63) is 15.0 Å². The van der Waals surface area contributed by atoms with Gasteiger partial charge in [0.25, 0.3) is 0 Å². The van der Waals surface area contributed by atoms with Gasteiger partial charge in [0.15, 0.2) is 5.09 Å². The van der Waals surface area contributed by atoms with Crippen molar-refractivity contribution in [1.82, 2.24) is 0 Å². The van der Waals surface area contributed by atoms with E-state index in [9.17, 15) is 0 Å². The summed E-state index contributed by atoms with van der Waals surface area (Å²) < 4.78 is 0. The zero-order valence-electron chi connectivity index (χ0n) is 2.53. The van der Waals surface area contributed by atoms with Gasteiger partial charge in [0.2, 0.25) is 0 Å². The Balaban J connectivity index is 0. The van der Waals surface area contributed by atoms with Gasteiger partial charge in [-0.15, -0.1) is 4.94 Å². The van der Waals surface area contributed by atoms with E-state index in [2.05, 4.69) is 4.94 Å².